The van der Waals surface area contributed by atoms with E-state index in [1.54, 1.807) is 11.0 Å². The SMILES string of the molecule is COc1cc(-c2c(C#N)c(N)nc3c2CN(C(C)=O)CC3)c(Cl)cc1O. The average molecular weight is 373 g/mol. The largest absolute Gasteiger partial charge is 0.504 e. The molecule has 1 amide bonds. The van der Waals surface area contributed by atoms with Crippen molar-refractivity contribution < 1.29 is 14.6 Å². The Bertz CT molecular complexity index is 953. The maximum Gasteiger partial charge on any atom is 0.219 e. The molecule has 0 unspecified atom stereocenters. The number of amides is 1. The van der Waals surface area contributed by atoms with Gasteiger partial charge in [0.2, 0.25) is 5.91 Å². The smallest absolute Gasteiger partial charge is 0.219 e. The number of benzene rings is 1. The van der Waals surface area contributed by atoms with Crippen LogP contribution in [0.25, 0.3) is 11.1 Å². The van der Waals surface area contributed by atoms with Crippen LogP contribution in [-0.2, 0) is 17.8 Å². The number of halogens is 1. The number of carbonyl (C=O) groups excluding carboxylic acids is 1. The number of nitriles is 1. The predicted octanol–water partition coefficient (Wildman–Crippen LogP) is 2.47. The summed E-state index contributed by atoms with van der Waals surface area (Å²) in [4.78, 5) is 17.9. The van der Waals surface area contributed by atoms with E-state index in [4.69, 9.17) is 22.1 Å². The molecule has 1 aliphatic heterocycles. The first-order valence-electron chi connectivity index (χ1n) is 7.91. The lowest BCUT2D eigenvalue weighted by Crippen LogP contribution is -2.35. The molecule has 7 nitrogen and oxygen atoms in total. The fraction of sp³-hybridized carbons (Fsp3) is 0.278. The van der Waals surface area contributed by atoms with E-state index in [0.717, 1.165) is 11.3 Å². The number of nitrogen functional groups attached to an aromatic ring is 1. The lowest BCUT2D eigenvalue weighted by molar-refractivity contribution is -0.129. The third kappa shape index (κ3) is 2.89. The van der Waals surface area contributed by atoms with Gasteiger partial charge in [0.1, 0.15) is 17.5 Å². The van der Waals surface area contributed by atoms with Gasteiger partial charge >= 0.3 is 0 Å². The van der Waals surface area contributed by atoms with E-state index in [-0.39, 0.29) is 33.8 Å². The Morgan fingerprint density at radius 2 is 2.23 bits per heavy atom. The number of rotatable bonds is 2. The fourth-order valence-corrected chi connectivity index (χ4v) is 3.41. The van der Waals surface area contributed by atoms with Crippen LogP contribution in [0.4, 0.5) is 5.82 Å². The van der Waals surface area contributed by atoms with Crippen LogP contribution in [0.15, 0.2) is 12.1 Å². The van der Waals surface area contributed by atoms with Gasteiger partial charge in [0, 0.05) is 49.2 Å². The number of anilines is 1. The molecular formula is C18H17ClN4O3. The van der Waals surface area contributed by atoms with Crippen molar-refractivity contribution in [3.05, 3.63) is 34.0 Å². The molecule has 0 aliphatic carbocycles. The van der Waals surface area contributed by atoms with Gasteiger partial charge < -0.3 is 20.5 Å². The standard InChI is InChI=1S/C18H17ClN4O3/c1-9(24)23-4-3-14-12(8-23)17(11(7-20)18(21)22-14)10-5-16(26-2)15(25)6-13(10)19/h5-6,25H,3-4,8H2,1-2H3,(H2,21,22). The van der Waals surface area contributed by atoms with Crippen molar-refractivity contribution in [2.45, 2.75) is 19.9 Å². The van der Waals surface area contributed by atoms with Gasteiger partial charge in [0.25, 0.3) is 0 Å². The van der Waals surface area contributed by atoms with E-state index in [9.17, 15) is 15.2 Å². The second-order valence-corrected chi connectivity index (χ2v) is 6.39. The van der Waals surface area contributed by atoms with Crippen molar-refractivity contribution in [1.82, 2.24) is 9.88 Å². The molecule has 26 heavy (non-hydrogen) atoms. The first kappa shape index (κ1) is 17.8. The van der Waals surface area contributed by atoms with Crippen molar-refractivity contribution in [3.63, 3.8) is 0 Å². The zero-order valence-corrected chi connectivity index (χ0v) is 15.1. The fourth-order valence-electron chi connectivity index (χ4n) is 3.16. The summed E-state index contributed by atoms with van der Waals surface area (Å²) in [5, 5.41) is 19.8. The molecule has 3 N–H and O–H groups in total. The second-order valence-electron chi connectivity index (χ2n) is 5.98. The van der Waals surface area contributed by atoms with Crippen LogP contribution in [0, 0.1) is 11.3 Å². The molecule has 134 valence electrons. The van der Waals surface area contributed by atoms with E-state index >= 15 is 0 Å². The lowest BCUT2D eigenvalue weighted by atomic mass is 9.90. The molecule has 3 rings (SSSR count). The van der Waals surface area contributed by atoms with Gasteiger partial charge in [-0.25, -0.2) is 4.98 Å². The van der Waals surface area contributed by atoms with E-state index in [0.29, 0.717) is 30.6 Å². The number of fused-ring (bicyclic) bond motifs is 1. The van der Waals surface area contributed by atoms with E-state index in [2.05, 4.69) is 11.1 Å². The van der Waals surface area contributed by atoms with Gasteiger partial charge in [-0.1, -0.05) is 11.6 Å². The highest BCUT2D eigenvalue weighted by molar-refractivity contribution is 6.33. The topological polar surface area (TPSA) is 112 Å². The highest BCUT2D eigenvalue weighted by atomic mass is 35.5. The zero-order valence-electron chi connectivity index (χ0n) is 14.3. The first-order valence-corrected chi connectivity index (χ1v) is 8.28. The van der Waals surface area contributed by atoms with Gasteiger partial charge in [-0.3, -0.25) is 4.79 Å². The van der Waals surface area contributed by atoms with Crippen LogP contribution in [0.3, 0.4) is 0 Å². The molecule has 2 aromatic rings. The highest BCUT2D eigenvalue weighted by Gasteiger charge is 2.28. The molecule has 0 bridgehead atoms. The minimum absolute atomic E-state index is 0.0636. The Hall–Kier alpha value is -2.98. The van der Waals surface area contributed by atoms with Crippen molar-refractivity contribution in [2.24, 2.45) is 0 Å². The van der Waals surface area contributed by atoms with E-state index in [1.807, 2.05) is 0 Å². The summed E-state index contributed by atoms with van der Waals surface area (Å²) in [6.07, 6.45) is 0.532. The summed E-state index contributed by atoms with van der Waals surface area (Å²) in [5.41, 5.74) is 8.66. The molecule has 0 saturated carbocycles. The normalized spacial score (nSPS) is 13.1. The molecule has 8 heteroatoms. The van der Waals surface area contributed by atoms with Crippen LogP contribution in [0.2, 0.25) is 5.02 Å². The number of hydrogen-bond donors (Lipinski definition) is 2. The highest BCUT2D eigenvalue weighted by Crippen LogP contribution is 2.42. The molecule has 2 heterocycles. The predicted molar refractivity (Wildman–Crippen MR) is 96.8 cm³/mol. The lowest BCUT2D eigenvalue weighted by Gasteiger charge is -2.30. The molecule has 0 saturated heterocycles. The summed E-state index contributed by atoms with van der Waals surface area (Å²) in [5.74, 6) is 0.157. The number of ether oxygens (including phenoxy) is 1. The van der Waals surface area contributed by atoms with Crippen LogP contribution in [0.5, 0.6) is 11.5 Å². The molecule has 1 aromatic heterocycles. The number of carbonyl (C=O) groups is 1. The number of nitrogens with two attached hydrogens (primary N) is 1. The Morgan fingerprint density at radius 3 is 2.85 bits per heavy atom. The summed E-state index contributed by atoms with van der Waals surface area (Å²) >= 11 is 6.35. The quantitative estimate of drug-likeness (QED) is 0.837. The number of phenolic OH excluding ortho intramolecular Hbond substituents is 1. The first-order chi connectivity index (χ1) is 12.4. The van der Waals surface area contributed by atoms with Gasteiger partial charge in [0.15, 0.2) is 11.5 Å². The summed E-state index contributed by atoms with van der Waals surface area (Å²) in [6.45, 7) is 2.34. The maximum atomic E-state index is 11.8. The average Bonchev–Trinajstić information content (AvgIpc) is 2.60. The minimum atomic E-state index is -0.110. The van der Waals surface area contributed by atoms with Crippen molar-refractivity contribution in [2.75, 3.05) is 19.4 Å². The van der Waals surface area contributed by atoms with Crippen LogP contribution >= 0.6 is 11.6 Å². The number of aromatic hydroxyl groups is 1. The Kier molecular flexibility index (Phi) is 4.62. The molecule has 0 fully saturated rings. The van der Waals surface area contributed by atoms with Crippen molar-refractivity contribution in [1.29, 1.82) is 5.26 Å². The Morgan fingerprint density at radius 1 is 1.50 bits per heavy atom. The Balaban J connectivity index is 2.32. The number of phenols is 1. The molecule has 1 aromatic carbocycles. The molecule has 1 aliphatic rings. The van der Waals surface area contributed by atoms with Crippen molar-refractivity contribution in [3.8, 4) is 28.7 Å². The molecular weight excluding hydrogens is 356 g/mol. The summed E-state index contributed by atoms with van der Waals surface area (Å²) in [7, 11) is 1.42. The number of pyridine rings is 1. The van der Waals surface area contributed by atoms with Crippen LogP contribution < -0.4 is 10.5 Å². The zero-order chi connectivity index (χ0) is 19.0. The van der Waals surface area contributed by atoms with Crippen LogP contribution in [0.1, 0.15) is 23.7 Å². The molecule has 0 atom stereocenters. The second kappa shape index (κ2) is 6.73. The van der Waals surface area contributed by atoms with Crippen molar-refractivity contribution >= 4 is 23.3 Å². The third-order valence-corrected chi connectivity index (χ3v) is 4.79. The Labute approximate surface area is 155 Å². The summed E-state index contributed by atoms with van der Waals surface area (Å²) < 4.78 is 5.17. The number of hydrogen-bond acceptors (Lipinski definition) is 6. The molecule has 0 radical (unpaired) electrons. The maximum absolute atomic E-state index is 11.8. The number of aromatic nitrogens is 1. The van der Waals surface area contributed by atoms with E-state index < -0.39 is 0 Å². The third-order valence-electron chi connectivity index (χ3n) is 4.47. The number of methoxy groups -OCH3 is 1. The molecule has 0 spiro atoms. The monoisotopic (exact) mass is 372 g/mol. The minimum Gasteiger partial charge on any atom is -0.504 e. The summed E-state index contributed by atoms with van der Waals surface area (Å²) in [6, 6.07) is 4.99. The van der Waals surface area contributed by atoms with Crippen LogP contribution in [-0.4, -0.2) is 34.6 Å². The van der Waals surface area contributed by atoms with Gasteiger partial charge in [0.05, 0.1) is 17.8 Å². The van der Waals surface area contributed by atoms with Gasteiger partial charge in [-0.15, -0.1) is 0 Å². The van der Waals surface area contributed by atoms with Gasteiger partial charge in [-0.05, 0) is 6.07 Å². The van der Waals surface area contributed by atoms with E-state index in [1.165, 1.54) is 20.1 Å². The van der Waals surface area contributed by atoms with Gasteiger partial charge in [-0.2, -0.15) is 5.26 Å². The number of nitrogens with zero attached hydrogens (tertiary/aromatic N) is 3.